The Morgan fingerprint density at radius 2 is 1.96 bits per heavy atom. The Morgan fingerprint density at radius 1 is 1.25 bits per heavy atom. The Hall–Kier alpha value is -3.22. The third kappa shape index (κ3) is 4.03. The average molecular weight is 384 g/mol. The van der Waals surface area contributed by atoms with Crippen molar-refractivity contribution in [2.45, 2.75) is 26.9 Å². The van der Waals surface area contributed by atoms with E-state index in [1.165, 1.54) is 23.4 Å². The lowest BCUT2D eigenvalue weighted by atomic mass is 10.2. The van der Waals surface area contributed by atoms with Crippen molar-refractivity contribution in [3.8, 4) is 5.69 Å². The Balaban J connectivity index is 1.75. The van der Waals surface area contributed by atoms with Crippen LogP contribution in [-0.2, 0) is 11.3 Å². The molecule has 5 nitrogen and oxygen atoms in total. The molecular weight excluding hydrogens is 362 g/mol. The van der Waals surface area contributed by atoms with E-state index in [2.05, 4.69) is 9.55 Å². The number of benzene rings is 1. The van der Waals surface area contributed by atoms with Crippen LogP contribution in [-0.4, -0.2) is 32.0 Å². The molecule has 7 heteroatoms. The van der Waals surface area contributed by atoms with Gasteiger partial charge in [-0.1, -0.05) is 18.2 Å². The number of aryl methyl sites for hydroxylation is 1. The van der Waals surface area contributed by atoms with Crippen LogP contribution in [0.1, 0.15) is 29.3 Å². The van der Waals surface area contributed by atoms with E-state index in [-0.39, 0.29) is 18.3 Å². The number of hydrogen-bond acceptors (Lipinski definition) is 2. The highest BCUT2D eigenvalue weighted by atomic mass is 19.3. The molecule has 0 saturated heterocycles. The smallest absolute Gasteiger partial charge is 0.319 e. The fourth-order valence-corrected chi connectivity index (χ4v) is 3.15. The molecule has 146 valence electrons. The summed E-state index contributed by atoms with van der Waals surface area (Å²) in [6.07, 6.45) is 5.70. The van der Waals surface area contributed by atoms with Gasteiger partial charge in [-0.25, -0.2) is 4.98 Å². The number of aromatic nitrogens is 3. The number of imidazole rings is 1. The molecule has 3 aromatic rings. The molecule has 0 aliphatic heterocycles. The molecule has 0 atom stereocenters. The maximum absolute atomic E-state index is 12.9. The first-order chi connectivity index (χ1) is 13.4. The Morgan fingerprint density at radius 3 is 2.64 bits per heavy atom. The van der Waals surface area contributed by atoms with Crippen LogP contribution in [0.3, 0.4) is 0 Å². The van der Waals surface area contributed by atoms with Gasteiger partial charge in [0.05, 0.1) is 6.54 Å². The van der Waals surface area contributed by atoms with Crippen LogP contribution in [0, 0.1) is 13.8 Å². The van der Waals surface area contributed by atoms with Gasteiger partial charge < -0.3 is 9.47 Å². The number of carbonyl (C=O) groups is 1. The van der Waals surface area contributed by atoms with Gasteiger partial charge in [0.1, 0.15) is 5.82 Å². The molecule has 28 heavy (non-hydrogen) atoms. The highest BCUT2D eigenvalue weighted by Gasteiger charge is 2.15. The van der Waals surface area contributed by atoms with E-state index >= 15 is 0 Å². The van der Waals surface area contributed by atoms with E-state index in [1.54, 1.807) is 13.1 Å². The van der Waals surface area contributed by atoms with Crippen LogP contribution in [0.2, 0.25) is 0 Å². The average Bonchev–Trinajstić information content (AvgIpc) is 3.24. The third-order valence-corrected chi connectivity index (χ3v) is 4.60. The summed E-state index contributed by atoms with van der Waals surface area (Å²) in [4.78, 5) is 17.7. The summed E-state index contributed by atoms with van der Waals surface area (Å²) in [5.74, 6) is -0.144. The first kappa shape index (κ1) is 19.5. The van der Waals surface area contributed by atoms with Crippen LogP contribution in [0.5, 0.6) is 0 Å². The highest BCUT2D eigenvalue weighted by Crippen LogP contribution is 2.22. The van der Waals surface area contributed by atoms with Gasteiger partial charge in [0.25, 0.3) is 0 Å². The summed E-state index contributed by atoms with van der Waals surface area (Å²) in [7, 11) is 1.56. The number of halogens is 2. The molecule has 0 unspecified atom stereocenters. The van der Waals surface area contributed by atoms with Crippen LogP contribution in [0.15, 0.2) is 54.9 Å². The van der Waals surface area contributed by atoms with E-state index in [4.69, 9.17) is 0 Å². The van der Waals surface area contributed by atoms with Crippen LogP contribution < -0.4 is 0 Å². The molecule has 0 radical (unpaired) electrons. The zero-order chi connectivity index (χ0) is 20.3. The van der Waals surface area contributed by atoms with E-state index in [0.717, 1.165) is 27.2 Å². The molecule has 0 aliphatic carbocycles. The van der Waals surface area contributed by atoms with Crippen molar-refractivity contribution in [1.29, 1.82) is 0 Å². The zero-order valence-corrected chi connectivity index (χ0v) is 16.0. The maximum atomic E-state index is 12.9. The molecule has 3 rings (SSSR count). The Labute approximate surface area is 162 Å². The summed E-state index contributed by atoms with van der Waals surface area (Å²) in [5, 5.41) is 0. The van der Waals surface area contributed by atoms with Crippen molar-refractivity contribution in [2.24, 2.45) is 0 Å². The molecular formula is C21H22F2N4O. The fraction of sp³-hybridized carbons (Fsp3) is 0.238. The third-order valence-electron chi connectivity index (χ3n) is 4.60. The van der Waals surface area contributed by atoms with Gasteiger partial charge in [0.2, 0.25) is 5.91 Å². The summed E-state index contributed by atoms with van der Waals surface area (Å²) in [6.45, 7) is 1.33. The van der Waals surface area contributed by atoms with Gasteiger partial charge in [-0.05, 0) is 43.7 Å². The molecule has 0 saturated carbocycles. The number of rotatable bonds is 6. The number of hydrogen-bond donors (Lipinski definition) is 0. The second kappa shape index (κ2) is 8.21. The molecule has 2 heterocycles. The normalized spacial score (nSPS) is 11.5. The minimum absolute atomic E-state index is 0.00352. The Bertz CT molecular complexity index is 989. The zero-order valence-electron chi connectivity index (χ0n) is 16.0. The number of carbonyl (C=O) groups excluding carboxylic acids is 1. The summed E-state index contributed by atoms with van der Waals surface area (Å²) in [6, 6.07) is 12.0. The van der Waals surface area contributed by atoms with Crippen molar-refractivity contribution in [3.63, 3.8) is 0 Å². The second-order valence-electron chi connectivity index (χ2n) is 6.55. The standard InChI is InChI=1S/C21H22F2N4O/c1-15-13-17(16(2)27(15)18-7-5-4-6-8-18)9-10-20(28)25(3)14-19-24-11-12-26(19)21(22)23/h4-13,21H,14H2,1-3H3/b10-9+. The predicted molar refractivity (Wildman–Crippen MR) is 104 cm³/mol. The van der Waals surface area contributed by atoms with Gasteiger partial charge in [0.15, 0.2) is 0 Å². The monoisotopic (exact) mass is 384 g/mol. The second-order valence-corrected chi connectivity index (χ2v) is 6.55. The maximum Gasteiger partial charge on any atom is 0.319 e. The van der Waals surface area contributed by atoms with Crippen molar-refractivity contribution in [1.82, 2.24) is 19.0 Å². The molecule has 1 amide bonds. The molecule has 0 fully saturated rings. The number of likely N-dealkylation sites (N-methyl/N-ethyl adjacent to an activating group) is 1. The lowest BCUT2D eigenvalue weighted by Crippen LogP contribution is -2.26. The van der Waals surface area contributed by atoms with Gasteiger partial charge in [-0.3, -0.25) is 9.36 Å². The minimum Gasteiger partial charge on any atom is -0.335 e. The molecule has 0 aliphatic rings. The lowest BCUT2D eigenvalue weighted by molar-refractivity contribution is -0.125. The van der Waals surface area contributed by atoms with Gasteiger partial charge in [-0.2, -0.15) is 8.78 Å². The Kier molecular flexibility index (Phi) is 5.73. The van der Waals surface area contributed by atoms with Crippen molar-refractivity contribution >= 4 is 12.0 Å². The molecule has 0 spiro atoms. The molecule has 0 bridgehead atoms. The van der Waals surface area contributed by atoms with Crippen LogP contribution >= 0.6 is 0 Å². The lowest BCUT2D eigenvalue weighted by Gasteiger charge is -2.15. The molecule has 1 aromatic carbocycles. The summed E-state index contributed by atoms with van der Waals surface area (Å²) < 4.78 is 28.7. The van der Waals surface area contributed by atoms with Crippen molar-refractivity contribution in [2.75, 3.05) is 7.05 Å². The molecule has 0 N–H and O–H groups in total. The predicted octanol–water partition coefficient (Wildman–Crippen LogP) is 4.36. The summed E-state index contributed by atoms with van der Waals surface area (Å²) in [5.41, 5.74) is 4.06. The number of alkyl halides is 2. The number of para-hydroxylation sites is 1. The largest absolute Gasteiger partial charge is 0.335 e. The first-order valence-electron chi connectivity index (χ1n) is 8.86. The fourth-order valence-electron chi connectivity index (χ4n) is 3.15. The van der Waals surface area contributed by atoms with E-state index < -0.39 is 6.55 Å². The topological polar surface area (TPSA) is 43.1 Å². The highest BCUT2D eigenvalue weighted by molar-refractivity contribution is 5.91. The van der Waals surface area contributed by atoms with E-state index in [0.29, 0.717) is 0 Å². The van der Waals surface area contributed by atoms with Gasteiger partial charge in [-0.15, -0.1) is 0 Å². The van der Waals surface area contributed by atoms with E-state index in [1.807, 2.05) is 50.2 Å². The van der Waals surface area contributed by atoms with Crippen LogP contribution in [0.25, 0.3) is 11.8 Å². The summed E-state index contributed by atoms with van der Waals surface area (Å²) >= 11 is 0. The van der Waals surface area contributed by atoms with Crippen LogP contribution in [0.4, 0.5) is 8.78 Å². The first-order valence-corrected chi connectivity index (χ1v) is 8.86. The van der Waals surface area contributed by atoms with E-state index in [9.17, 15) is 13.6 Å². The SMILES string of the molecule is Cc1cc(/C=C/C(=O)N(C)Cc2nccn2C(F)F)c(C)n1-c1ccccc1. The minimum atomic E-state index is -2.68. The quantitative estimate of drug-likeness (QED) is 0.593. The van der Waals surface area contributed by atoms with Crippen molar-refractivity contribution < 1.29 is 13.6 Å². The van der Waals surface area contributed by atoms with Gasteiger partial charge in [0, 0.05) is 42.6 Å². The van der Waals surface area contributed by atoms with Crippen molar-refractivity contribution in [3.05, 3.63) is 77.6 Å². The van der Waals surface area contributed by atoms with Gasteiger partial charge >= 0.3 is 6.55 Å². The number of nitrogens with zero attached hydrogens (tertiary/aromatic N) is 4. The molecule has 2 aromatic heterocycles. The number of amides is 1.